The highest BCUT2D eigenvalue weighted by Gasteiger charge is 2.27. The van der Waals surface area contributed by atoms with Crippen molar-refractivity contribution in [1.29, 1.82) is 0 Å². The van der Waals surface area contributed by atoms with Crippen molar-refractivity contribution in [2.45, 2.75) is 31.1 Å². The maximum atomic E-state index is 13.5. The summed E-state index contributed by atoms with van der Waals surface area (Å²) in [5.74, 6) is 0.349. The molecule has 0 atom stereocenters. The van der Waals surface area contributed by atoms with Crippen molar-refractivity contribution in [1.82, 2.24) is 10.3 Å². The lowest BCUT2D eigenvalue weighted by Gasteiger charge is -2.26. The van der Waals surface area contributed by atoms with Gasteiger partial charge in [0.1, 0.15) is 18.0 Å². The van der Waals surface area contributed by atoms with E-state index in [2.05, 4.69) is 10.5 Å². The highest BCUT2D eigenvalue weighted by Crippen LogP contribution is 2.27. The number of sulfonamides is 1. The number of hydrazone groups is 1. The Hall–Kier alpha value is -4.38. The van der Waals surface area contributed by atoms with Crippen LogP contribution in [0, 0.1) is 6.92 Å². The lowest BCUT2D eigenvalue weighted by atomic mass is 10.1. The first-order valence-corrected chi connectivity index (χ1v) is 14.8. The van der Waals surface area contributed by atoms with Crippen LogP contribution in [0.4, 0.5) is 5.69 Å². The van der Waals surface area contributed by atoms with E-state index in [1.165, 1.54) is 25.5 Å². The summed E-state index contributed by atoms with van der Waals surface area (Å²) in [6.45, 7) is 2.90. The Bertz CT molecular complexity index is 1470. The van der Waals surface area contributed by atoms with Gasteiger partial charge < -0.3 is 14.4 Å². The smallest absolute Gasteiger partial charge is 0.264 e. The Morgan fingerprint density at radius 3 is 2.37 bits per heavy atom. The molecule has 4 rings (SSSR count). The van der Waals surface area contributed by atoms with Crippen molar-refractivity contribution in [3.8, 4) is 11.5 Å². The second-order valence-corrected chi connectivity index (χ2v) is 11.5. The van der Waals surface area contributed by atoms with E-state index in [0.29, 0.717) is 17.1 Å². The van der Waals surface area contributed by atoms with Gasteiger partial charge in [-0.3, -0.25) is 13.9 Å². The number of ether oxygens (including phenoxy) is 2. The van der Waals surface area contributed by atoms with Crippen LogP contribution in [-0.4, -0.2) is 64.7 Å². The summed E-state index contributed by atoms with van der Waals surface area (Å²) in [6, 6.07) is 19.8. The topological polar surface area (TPSA) is 118 Å². The van der Waals surface area contributed by atoms with E-state index in [1.54, 1.807) is 60.7 Å². The number of piperidine rings is 1. The molecule has 1 fully saturated rings. The number of benzene rings is 3. The van der Waals surface area contributed by atoms with Crippen molar-refractivity contribution in [2.24, 2.45) is 5.10 Å². The molecule has 1 aliphatic rings. The Balaban J connectivity index is 1.38. The molecule has 1 heterocycles. The first kappa shape index (κ1) is 29.6. The molecular formula is C30H34N4O6S. The van der Waals surface area contributed by atoms with Crippen LogP contribution < -0.4 is 19.2 Å². The maximum Gasteiger partial charge on any atom is 0.264 e. The van der Waals surface area contributed by atoms with Crippen LogP contribution >= 0.6 is 0 Å². The molecule has 10 nitrogen and oxygen atoms in total. The monoisotopic (exact) mass is 578 g/mol. The number of hydrogen-bond donors (Lipinski definition) is 1. The minimum absolute atomic E-state index is 0.0151. The van der Waals surface area contributed by atoms with Crippen LogP contribution in [0.15, 0.2) is 82.8 Å². The molecule has 3 aromatic carbocycles. The first-order chi connectivity index (χ1) is 19.8. The van der Waals surface area contributed by atoms with Crippen molar-refractivity contribution in [3.63, 3.8) is 0 Å². The summed E-state index contributed by atoms with van der Waals surface area (Å²) >= 11 is 0. The summed E-state index contributed by atoms with van der Waals surface area (Å²) in [4.78, 5) is 27.0. The number of likely N-dealkylation sites (tertiary alicyclic amines) is 1. The van der Waals surface area contributed by atoms with Gasteiger partial charge in [0.2, 0.25) is 0 Å². The van der Waals surface area contributed by atoms with Gasteiger partial charge in [-0.05, 0) is 80.3 Å². The van der Waals surface area contributed by atoms with Gasteiger partial charge in [-0.2, -0.15) is 5.10 Å². The molecule has 1 saturated heterocycles. The van der Waals surface area contributed by atoms with Crippen LogP contribution in [0.25, 0.3) is 0 Å². The molecule has 0 saturated carbocycles. The number of aryl methyl sites for hydroxylation is 1. The fourth-order valence-electron chi connectivity index (χ4n) is 4.29. The first-order valence-electron chi connectivity index (χ1n) is 13.3. The average molecular weight is 579 g/mol. The second kappa shape index (κ2) is 13.8. The van der Waals surface area contributed by atoms with E-state index in [0.717, 1.165) is 42.2 Å². The van der Waals surface area contributed by atoms with Crippen molar-refractivity contribution in [3.05, 3.63) is 83.9 Å². The quantitative estimate of drug-likeness (QED) is 0.274. The Morgan fingerprint density at radius 1 is 0.976 bits per heavy atom. The van der Waals surface area contributed by atoms with Gasteiger partial charge in [-0.1, -0.05) is 23.8 Å². The molecule has 0 unspecified atom stereocenters. The number of nitrogens with one attached hydrogen (secondary N) is 1. The molecule has 11 heteroatoms. The molecule has 0 spiro atoms. The third-order valence-corrected chi connectivity index (χ3v) is 8.38. The van der Waals surface area contributed by atoms with Crippen molar-refractivity contribution < 1.29 is 27.5 Å². The summed E-state index contributed by atoms with van der Waals surface area (Å²) in [6.07, 6.45) is 4.64. The second-order valence-electron chi connectivity index (χ2n) is 9.62. The third-order valence-electron chi connectivity index (χ3n) is 6.59. The standard InChI is InChI=1S/C30H34N4O6S/c1-23-9-15-28(16-10-23)41(37,38)34(25-7-6-8-27(19-25)39-2)21-29(35)32-31-20-24-11-13-26(14-12-24)40-22-30(36)33-17-4-3-5-18-33/h6-16,19-20H,3-5,17-18,21-22H2,1-2H3,(H,32,35)/b31-20+. The highest BCUT2D eigenvalue weighted by atomic mass is 32.2. The van der Waals surface area contributed by atoms with Crippen LogP contribution in [0.1, 0.15) is 30.4 Å². The number of nitrogens with zero attached hydrogens (tertiary/aromatic N) is 3. The molecular weight excluding hydrogens is 544 g/mol. The Kier molecular flexibility index (Phi) is 9.96. The van der Waals surface area contributed by atoms with Gasteiger partial charge in [0.05, 0.1) is 23.9 Å². The number of hydrogen-bond acceptors (Lipinski definition) is 7. The van der Waals surface area contributed by atoms with E-state index in [1.807, 2.05) is 11.8 Å². The zero-order valence-corrected chi connectivity index (χ0v) is 24.0. The Labute approximate surface area is 240 Å². The summed E-state index contributed by atoms with van der Waals surface area (Å²) < 4.78 is 38.9. The number of amides is 2. The van der Waals surface area contributed by atoms with E-state index >= 15 is 0 Å². The Morgan fingerprint density at radius 2 is 1.68 bits per heavy atom. The molecule has 0 aliphatic carbocycles. The highest BCUT2D eigenvalue weighted by molar-refractivity contribution is 7.92. The zero-order chi connectivity index (χ0) is 29.2. The minimum Gasteiger partial charge on any atom is -0.497 e. The van der Waals surface area contributed by atoms with E-state index in [4.69, 9.17) is 9.47 Å². The van der Waals surface area contributed by atoms with E-state index < -0.39 is 22.5 Å². The maximum absolute atomic E-state index is 13.5. The zero-order valence-electron chi connectivity index (χ0n) is 23.2. The van der Waals surface area contributed by atoms with Gasteiger partial charge in [0, 0.05) is 19.2 Å². The van der Waals surface area contributed by atoms with E-state index in [9.17, 15) is 18.0 Å². The van der Waals surface area contributed by atoms with Gasteiger partial charge in [-0.15, -0.1) is 0 Å². The molecule has 0 bridgehead atoms. The number of methoxy groups -OCH3 is 1. The largest absolute Gasteiger partial charge is 0.497 e. The van der Waals surface area contributed by atoms with Crippen LogP contribution in [0.5, 0.6) is 11.5 Å². The van der Waals surface area contributed by atoms with E-state index in [-0.39, 0.29) is 23.1 Å². The fraction of sp³-hybridized carbons (Fsp3) is 0.300. The number of rotatable bonds is 11. The number of anilines is 1. The normalized spacial score (nSPS) is 13.6. The van der Waals surface area contributed by atoms with Gasteiger partial charge in [0.25, 0.3) is 21.8 Å². The van der Waals surface area contributed by atoms with Crippen molar-refractivity contribution in [2.75, 3.05) is 37.7 Å². The number of carbonyl (C=O) groups excluding carboxylic acids is 2. The van der Waals surface area contributed by atoms with Crippen molar-refractivity contribution >= 4 is 33.7 Å². The number of carbonyl (C=O) groups is 2. The van der Waals surface area contributed by atoms with Gasteiger partial charge in [0.15, 0.2) is 6.61 Å². The molecule has 2 amide bonds. The third kappa shape index (κ3) is 8.07. The molecule has 1 N–H and O–H groups in total. The SMILES string of the molecule is COc1cccc(N(CC(=O)N/N=C/c2ccc(OCC(=O)N3CCCCC3)cc2)S(=O)(=O)c2ccc(C)cc2)c1. The molecule has 0 aromatic heterocycles. The fourth-order valence-corrected chi connectivity index (χ4v) is 5.71. The predicted molar refractivity (Wildman–Crippen MR) is 157 cm³/mol. The van der Waals surface area contributed by atoms with Crippen LogP contribution in [0.3, 0.4) is 0 Å². The average Bonchev–Trinajstić information content (AvgIpc) is 3.00. The minimum atomic E-state index is -4.07. The van der Waals surface area contributed by atoms with Crippen LogP contribution in [-0.2, 0) is 19.6 Å². The lowest BCUT2D eigenvalue weighted by Crippen LogP contribution is -2.39. The summed E-state index contributed by atoms with van der Waals surface area (Å²) in [7, 11) is -2.59. The van der Waals surface area contributed by atoms with Crippen LogP contribution in [0.2, 0.25) is 0 Å². The molecule has 1 aliphatic heterocycles. The molecule has 216 valence electrons. The lowest BCUT2D eigenvalue weighted by molar-refractivity contribution is -0.134. The summed E-state index contributed by atoms with van der Waals surface area (Å²) in [5, 5.41) is 3.98. The summed E-state index contributed by atoms with van der Waals surface area (Å²) in [5.41, 5.74) is 4.26. The van der Waals surface area contributed by atoms with Gasteiger partial charge in [-0.25, -0.2) is 13.8 Å². The molecule has 3 aromatic rings. The molecule has 41 heavy (non-hydrogen) atoms. The predicted octanol–water partition coefficient (Wildman–Crippen LogP) is 3.74. The molecule has 0 radical (unpaired) electrons. The van der Waals surface area contributed by atoms with Gasteiger partial charge >= 0.3 is 0 Å².